The van der Waals surface area contributed by atoms with Gasteiger partial charge in [0.25, 0.3) is 0 Å². The fourth-order valence-electron chi connectivity index (χ4n) is 1.08. The SMILES string of the molecule is Cn1[nH]c(=O)c(=O)nc1SC(CC(=O)O)C(F)(F)F. The van der Waals surface area contributed by atoms with Crippen molar-refractivity contribution in [1.82, 2.24) is 14.8 Å². The van der Waals surface area contributed by atoms with Gasteiger partial charge < -0.3 is 5.11 Å². The third-order valence-electron chi connectivity index (χ3n) is 1.92. The van der Waals surface area contributed by atoms with Gasteiger partial charge >= 0.3 is 23.3 Å². The van der Waals surface area contributed by atoms with Gasteiger partial charge in [0.15, 0.2) is 5.16 Å². The smallest absolute Gasteiger partial charge is 0.401 e. The van der Waals surface area contributed by atoms with Crippen LogP contribution in [0.2, 0.25) is 0 Å². The normalized spacial score (nSPS) is 13.3. The lowest BCUT2D eigenvalue weighted by atomic mass is 10.3. The van der Waals surface area contributed by atoms with Crippen LogP contribution in [-0.4, -0.2) is 37.3 Å². The number of aryl methyl sites for hydroxylation is 1. The summed E-state index contributed by atoms with van der Waals surface area (Å²) in [5.41, 5.74) is -2.31. The van der Waals surface area contributed by atoms with Gasteiger partial charge in [-0.15, -0.1) is 0 Å². The van der Waals surface area contributed by atoms with Crippen molar-refractivity contribution >= 4 is 17.7 Å². The molecule has 7 nitrogen and oxygen atoms in total. The Balaban J connectivity index is 3.10. The number of aromatic nitrogens is 3. The second kappa shape index (κ2) is 5.47. The van der Waals surface area contributed by atoms with E-state index in [-0.39, 0.29) is 11.8 Å². The van der Waals surface area contributed by atoms with E-state index in [1.807, 2.05) is 5.10 Å². The number of nitrogens with one attached hydrogen (secondary N) is 1. The predicted molar refractivity (Wildman–Crippen MR) is 58.1 cm³/mol. The average molecular weight is 299 g/mol. The number of aromatic amines is 1. The summed E-state index contributed by atoms with van der Waals surface area (Å²) < 4.78 is 38.6. The molecule has 1 heterocycles. The van der Waals surface area contributed by atoms with E-state index < -0.39 is 40.1 Å². The van der Waals surface area contributed by atoms with Gasteiger partial charge in [0, 0.05) is 7.05 Å². The highest BCUT2D eigenvalue weighted by Crippen LogP contribution is 2.35. The zero-order valence-electron chi connectivity index (χ0n) is 9.39. The number of H-pyrrole nitrogens is 1. The standard InChI is InChI=1S/C8H8F3N3O4S/c1-14-7(12-5(17)6(18)13-14)19-3(2-4(15)16)8(9,10)11/h3H,2H2,1H3,(H,13,18)(H,15,16). The Morgan fingerprint density at radius 2 is 2.11 bits per heavy atom. The molecule has 19 heavy (non-hydrogen) atoms. The van der Waals surface area contributed by atoms with E-state index in [0.29, 0.717) is 0 Å². The van der Waals surface area contributed by atoms with Crippen LogP contribution >= 0.6 is 11.8 Å². The summed E-state index contributed by atoms with van der Waals surface area (Å²) >= 11 is 0.0494. The summed E-state index contributed by atoms with van der Waals surface area (Å²) in [4.78, 5) is 35.4. The monoisotopic (exact) mass is 299 g/mol. The van der Waals surface area contributed by atoms with Crippen LogP contribution in [0.1, 0.15) is 6.42 Å². The largest absolute Gasteiger partial charge is 0.481 e. The molecule has 0 aliphatic carbocycles. The number of rotatable bonds is 4. The van der Waals surface area contributed by atoms with Crippen LogP contribution in [0.5, 0.6) is 0 Å². The van der Waals surface area contributed by atoms with Crippen molar-refractivity contribution < 1.29 is 23.1 Å². The number of alkyl halides is 3. The van der Waals surface area contributed by atoms with E-state index in [9.17, 15) is 27.6 Å². The summed E-state index contributed by atoms with van der Waals surface area (Å²) in [6, 6.07) is 0. The van der Waals surface area contributed by atoms with Crippen LogP contribution in [0.4, 0.5) is 13.2 Å². The van der Waals surface area contributed by atoms with Crippen molar-refractivity contribution in [3.8, 4) is 0 Å². The number of halogens is 3. The molecule has 0 aliphatic rings. The molecule has 1 unspecified atom stereocenters. The Morgan fingerprint density at radius 1 is 1.53 bits per heavy atom. The highest BCUT2D eigenvalue weighted by atomic mass is 32.2. The van der Waals surface area contributed by atoms with E-state index in [4.69, 9.17) is 5.11 Å². The highest BCUT2D eigenvalue weighted by molar-refractivity contribution is 7.99. The topological polar surface area (TPSA) is 105 Å². The van der Waals surface area contributed by atoms with Crippen LogP contribution in [0, 0.1) is 0 Å². The molecule has 0 spiro atoms. The molecular formula is C8H8F3N3O4S. The van der Waals surface area contributed by atoms with Gasteiger partial charge in [-0.05, 0) is 0 Å². The lowest BCUT2D eigenvalue weighted by Gasteiger charge is -2.18. The first kappa shape index (κ1) is 15.3. The minimum absolute atomic E-state index is 0.0494. The van der Waals surface area contributed by atoms with Gasteiger partial charge in [-0.1, -0.05) is 11.8 Å². The Hall–Kier alpha value is -1.78. The molecule has 0 saturated heterocycles. The van der Waals surface area contributed by atoms with Gasteiger partial charge in [-0.25, -0.2) is 0 Å². The number of aliphatic carboxylic acids is 1. The van der Waals surface area contributed by atoms with Crippen molar-refractivity contribution in [1.29, 1.82) is 0 Å². The lowest BCUT2D eigenvalue weighted by molar-refractivity contribution is -0.149. The molecule has 1 rings (SSSR count). The fourth-order valence-corrected chi connectivity index (χ4v) is 2.03. The number of carbonyl (C=O) groups is 1. The first-order chi connectivity index (χ1) is 8.61. The maximum Gasteiger partial charge on any atom is 0.401 e. The van der Waals surface area contributed by atoms with Gasteiger partial charge in [0.1, 0.15) is 5.25 Å². The molecular weight excluding hydrogens is 291 g/mol. The molecule has 1 atom stereocenters. The van der Waals surface area contributed by atoms with Gasteiger partial charge in [0.05, 0.1) is 6.42 Å². The molecule has 106 valence electrons. The molecule has 2 N–H and O–H groups in total. The number of carboxylic acids is 1. The zero-order chi connectivity index (χ0) is 14.8. The second-order valence-corrected chi connectivity index (χ2v) is 4.62. The Labute approximate surface area is 107 Å². The number of hydrogen-bond donors (Lipinski definition) is 2. The second-order valence-electron chi connectivity index (χ2n) is 3.45. The van der Waals surface area contributed by atoms with Crippen LogP contribution in [0.15, 0.2) is 14.7 Å². The van der Waals surface area contributed by atoms with Crippen molar-refractivity contribution in [2.45, 2.75) is 23.0 Å². The minimum atomic E-state index is -4.78. The van der Waals surface area contributed by atoms with E-state index in [0.717, 1.165) is 4.68 Å². The highest BCUT2D eigenvalue weighted by Gasteiger charge is 2.42. The summed E-state index contributed by atoms with van der Waals surface area (Å²) in [7, 11) is 1.18. The van der Waals surface area contributed by atoms with E-state index in [1.54, 1.807) is 0 Å². The maximum atomic E-state index is 12.6. The fraction of sp³-hybridized carbons (Fsp3) is 0.500. The van der Waals surface area contributed by atoms with Crippen LogP contribution < -0.4 is 11.1 Å². The van der Waals surface area contributed by atoms with Crippen molar-refractivity contribution in [3.63, 3.8) is 0 Å². The molecule has 0 bridgehead atoms. The molecule has 0 fully saturated rings. The molecule has 1 aromatic rings. The van der Waals surface area contributed by atoms with Crippen molar-refractivity contribution in [2.75, 3.05) is 0 Å². The maximum absolute atomic E-state index is 12.6. The molecule has 0 amide bonds. The lowest BCUT2D eigenvalue weighted by Crippen LogP contribution is -2.35. The number of thioether (sulfide) groups is 1. The van der Waals surface area contributed by atoms with Gasteiger partial charge in [-0.3, -0.25) is 24.2 Å². The zero-order valence-corrected chi connectivity index (χ0v) is 10.2. The van der Waals surface area contributed by atoms with Crippen LogP contribution in [0.3, 0.4) is 0 Å². The molecule has 0 radical (unpaired) electrons. The Bertz CT molecular complexity index is 594. The number of carboxylic acid groups (broad SMARTS) is 1. The van der Waals surface area contributed by atoms with Crippen molar-refractivity contribution in [3.05, 3.63) is 20.7 Å². The Kier molecular flexibility index (Phi) is 4.39. The molecule has 0 aliphatic heterocycles. The number of nitrogens with zero attached hydrogens (tertiary/aromatic N) is 2. The number of hydrogen-bond acceptors (Lipinski definition) is 5. The molecule has 0 aromatic carbocycles. The average Bonchev–Trinajstić information content (AvgIpc) is 2.22. The van der Waals surface area contributed by atoms with Crippen molar-refractivity contribution in [2.24, 2.45) is 7.05 Å². The third kappa shape index (κ3) is 4.12. The first-order valence-electron chi connectivity index (χ1n) is 4.73. The third-order valence-corrected chi connectivity index (χ3v) is 3.21. The van der Waals surface area contributed by atoms with Crippen LogP contribution in [0.25, 0.3) is 0 Å². The summed E-state index contributed by atoms with van der Waals surface area (Å²) in [5.74, 6) is -1.63. The quantitative estimate of drug-likeness (QED) is 0.597. The first-order valence-corrected chi connectivity index (χ1v) is 5.61. The Morgan fingerprint density at radius 3 is 2.58 bits per heavy atom. The molecule has 1 aromatic heterocycles. The molecule has 11 heteroatoms. The molecule has 0 saturated carbocycles. The van der Waals surface area contributed by atoms with Crippen LogP contribution in [-0.2, 0) is 11.8 Å². The van der Waals surface area contributed by atoms with Gasteiger partial charge in [0.2, 0.25) is 0 Å². The van der Waals surface area contributed by atoms with Gasteiger partial charge in [-0.2, -0.15) is 18.2 Å². The van der Waals surface area contributed by atoms with E-state index >= 15 is 0 Å². The van der Waals surface area contributed by atoms with E-state index in [1.165, 1.54) is 7.05 Å². The summed E-state index contributed by atoms with van der Waals surface area (Å²) in [6.45, 7) is 0. The minimum Gasteiger partial charge on any atom is -0.481 e. The van der Waals surface area contributed by atoms with E-state index in [2.05, 4.69) is 4.98 Å². The predicted octanol–water partition coefficient (Wildman–Crippen LogP) is -0.0337. The summed E-state index contributed by atoms with van der Waals surface area (Å²) in [6.07, 6.45) is -5.96. The summed E-state index contributed by atoms with van der Waals surface area (Å²) in [5, 5.41) is 7.71.